The number of benzene rings is 3. The second-order valence-corrected chi connectivity index (χ2v) is 9.71. The molecule has 1 amide bonds. The molecule has 0 bridgehead atoms. The minimum absolute atomic E-state index is 0.0340. The smallest absolute Gasteiger partial charge is 0.289 e. The van der Waals surface area contributed by atoms with Crippen LogP contribution in [-0.2, 0) is 11.3 Å². The van der Waals surface area contributed by atoms with E-state index in [1.807, 2.05) is 54.3 Å². The first-order valence-corrected chi connectivity index (χ1v) is 12.8. The van der Waals surface area contributed by atoms with Gasteiger partial charge in [-0.25, -0.2) is 0 Å². The average Bonchev–Trinajstić information content (AvgIpc) is 3.28. The van der Waals surface area contributed by atoms with Gasteiger partial charge in [0.2, 0.25) is 0 Å². The van der Waals surface area contributed by atoms with Crippen LogP contribution in [0.5, 0.6) is 5.75 Å². The fourth-order valence-corrected chi connectivity index (χ4v) is 4.87. The molecule has 0 aliphatic carbocycles. The van der Waals surface area contributed by atoms with E-state index in [0.29, 0.717) is 25.5 Å². The van der Waals surface area contributed by atoms with Gasteiger partial charge in [-0.2, -0.15) is 0 Å². The van der Waals surface area contributed by atoms with Crippen LogP contribution in [0.1, 0.15) is 38.9 Å². The standard InChI is InChI=1S/C31H34N2O4/c1-22-11-13-24(14-12-22)21-36-29(25-7-6-8-26(19-25)35-3)20-32-15-17-33(18-16-32)31(34)30-23(2)27-9-4-5-10-28(27)37-30/h4-14,19,29H,15-18,20-21H2,1-3H3/t29-/m0/s1. The maximum Gasteiger partial charge on any atom is 0.289 e. The molecule has 2 heterocycles. The number of methoxy groups -OCH3 is 1. The Morgan fingerprint density at radius 1 is 0.946 bits per heavy atom. The van der Waals surface area contributed by atoms with Gasteiger partial charge in [-0.05, 0) is 43.2 Å². The molecule has 37 heavy (non-hydrogen) atoms. The predicted molar refractivity (Wildman–Crippen MR) is 145 cm³/mol. The van der Waals surface area contributed by atoms with Gasteiger partial charge in [-0.1, -0.05) is 60.2 Å². The molecular weight excluding hydrogens is 464 g/mol. The van der Waals surface area contributed by atoms with Gasteiger partial charge in [0.15, 0.2) is 5.76 Å². The molecule has 1 atom stereocenters. The molecular formula is C31H34N2O4. The van der Waals surface area contributed by atoms with Crippen molar-refractivity contribution in [1.29, 1.82) is 0 Å². The van der Waals surface area contributed by atoms with E-state index in [1.54, 1.807) is 7.11 Å². The van der Waals surface area contributed by atoms with Gasteiger partial charge >= 0.3 is 0 Å². The van der Waals surface area contributed by atoms with Crippen molar-refractivity contribution in [2.75, 3.05) is 39.8 Å². The number of aryl methyl sites for hydroxylation is 2. The Morgan fingerprint density at radius 3 is 2.43 bits per heavy atom. The zero-order valence-electron chi connectivity index (χ0n) is 21.8. The molecule has 0 radical (unpaired) electrons. The van der Waals surface area contributed by atoms with E-state index < -0.39 is 0 Å². The van der Waals surface area contributed by atoms with E-state index in [9.17, 15) is 4.79 Å². The lowest BCUT2D eigenvalue weighted by atomic mass is 10.1. The fraction of sp³-hybridized carbons (Fsp3) is 0.323. The van der Waals surface area contributed by atoms with Gasteiger partial charge < -0.3 is 18.8 Å². The van der Waals surface area contributed by atoms with Crippen LogP contribution in [-0.4, -0.2) is 55.5 Å². The maximum absolute atomic E-state index is 13.3. The number of hydrogen-bond donors (Lipinski definition) is 0. The Kier molecular flexibility index (Phi) is 7.58. The summed E-state index contributed by atoms with van der Waals surface area (Å²) in [4.78, 5) is 17.5. The Balaban J connectivity index is 1.25. The fourth-order valence-electron chi connectivity index (χ4n) is 4.87. The zero-order valence-corrected chi connectivity index (χ0v) is 21.8. The first-order chi connectivity index (χ1) is 18.0. The first-order valence-electron chi connectivity index (χ1n) is 12.8. The molecule has 1 aliphatic heterocycles. The van der Waals surface area contributed by atoms with Crippen LogP contribution in [0.2, 0.25) is 0 Å². The molecule has 3 aromatic carbocycles. The number of furan rings is 1. The quantitative estimate of drug-likeness (QED) is 0.309. The Bertz CT molecular complexity index is 1350. The summed E-state index contributed by atoms with van der Waals surface area (Å²) in [6, 6.07) is 24.3. The first kappa shape index (κ1) is 25.1. The van der Waals surface area contributed by atoms with Gasteiger partial charge in [0, 0.05) is 43.7 Å². The summed E-state index contributed by atoms with van der Waals surface area (Å²) in [7, 11) is 1.68. The third kappa shape index (κ3) is 5.71. The lowest BCUT2D eigenvalue weighted by Gasteiger charge is -2.36. The summed E-state index contributed by atoms with van der Waals surface area (Å²) in [6.07, 6.45) is -0.115. The van der Waals surface area contributed by atoms with Crippen LogP contribution >= 0.6 is 0 Å². The SMILES string of the molecule is COc1cccc([C@H](CN2CCN(C(=O)c3oc4ccccc4c3C)CC2)OCc2ccc(C)cc2)c1. The van der Waals surface area contributed by atoms with E-state index in [1.165, 1.54) is 5.56 Å². The number of nitrogens with zero attached hydrogens (tertiary/aromatic N) is 2. The normalized spacial score (nSPS) is 15.2. The monoisotopic (exact) mass is 498 g/mol. The summed E-state index contributed by atoms with van der Waals surface area (Å²) in [5.74, 6) is 1.23. The minimum atomic E-state index is -0.115. The highest BCUT2D eigenvalue weighted by molar-refractivity contribution is 5.99. The molecule has 1 fully saturated rings. The lowest BCUT2D eigenvalue weighted by molar-refractivity contribution is 0.00302. The van der Waals surface area contributed by atoms with Gasteiger partial charge in [0.05, 0.1) is 19.8 Å². The van der Waals surface area contributed by atoms with E-state index in [4.69, 9.17) is 13.9 Å². The molecule has 5 rings (SSSR count). The third-order valence-corrected chi connectivity index (χ3v) is 7.16. The second kappa shape index (κ2) is 11.2. The van der Waals surface area contributed by atoms with Gasteiger partial charge in [-0.3, -0.25) is 9.69 Å². The molecule has 6 heteroatoms. The Morgan fingerprint density at radius 2 is 1.70 bits per heavy atom. The number of rotatable bonds is 8. The van der Waals surface area contributed by atoms with Crippen molar-refractivity contribution in [3.63, 3.8) is 0 Å². The van der Waals surface area contributed by atoms with Crippen LogP contribution in [0.15, 0.2) is 77.2 Å². The molecule has 6 nitrogen and oxygen atoms in total. The number of fused-ring (bicyclic) bond motifs is 1. The number of ether oxygens (including phenoxy) is 2. The third-order valence-electron chi connectivity index (χ3n) is 7.16. The summed E-state index contributed by atoms with van der Waals surface area (Å²) in [5.41, 5.74) is 5.14. The highest BCUT2D eigenvalue weighted by Gasteiger charge is 2.28. The number of piperazine rings is 1. The minimum Gasteiger partial charge on any atom is -0.497 e. The van der Waals surface area contributed by atoms with Crippen molar-refractivity contribution in [2.45, 2.75) is 26.6 Å². The summed E-state index contributed by atoms with van der Waals surface area (Å²) in [6.45, 7) is 8.18. The van der Waals surface area contributed by atoms with Crippen molar-refractivity contribution in [1.82, 2.24) is 9.80 Å². The molecule has 4 aromatic rings. The largest absolute Gasteiger partial charge is 0.497 e. The van der Waals surface area contributed by atoms with Gasteiger partial charge in [0.25, 0.3) is 5.91 Å². The molecule has 0 spiro atoms. The number of carbonyl (C=O) groups excluding carboxylic acids is 1. The molecule has 0 N–H and O–H groups in total. The second-order valence-electron chi connectivity index (χ2n) is 9.71. The van der Waals surface area contributed by atoms with Crippen LogP contribution in [0.3, 0.4) is 0 Å². The van der Waals surface area contributed by atoms with Crippen molar-refractivity contribution >= 4 is 16.9 Å². The molecule has 0 unspecified atom stereocenters. The average molecular weight is 499 g/mol. The van der Waals surface area contributed by atoms with Crippen LogP contribution < -0.4 is 4.74 Å². The Hall–Kier alpha value is -3.61. The van der Waals surface area contributed by atoms with Gasteiger partial charge in [0.1, 0.15) is 11.3 Å². The van der Waals surface area contributed by atoms with E-state index in [-0.39, 0.29) is 12.0 Å². The van der Waals surface area contributed by atoms with E-state index in [2.05, 4.69) is 42.2 Å². The number of carbonyl (C=O) groups is 1. The van der Waals surface area contributed by atoms with Crippen LogP contribution in [0, 0.1) is 13.8 Å². The number of para-hydroxylation sites is 1. The van der Waals surface area contributed by atoms with E-state index >= 15 is 0 Å². The molecule has 1 aromatic heterocycles. The highest BCUT2D eigenvalue weighted by atomic mass is 16.5. The zero-order chi connectivity index (χ0) is 25.8. The molecule has 1 saturated heterocycles. The van der Waals surface area contributed by atoms with Crippen molar-refractivity contribution < 1.29 is 18.7 Å². The molecule has 0 saturated carbocycles. The summed E-state index contributed by atoms with van der Waals surface area (Å²) < 4.78 is 17.8. The topological polar surface area (TPSA) is 55.2 Å². The lowest BCUT2D eigenvalue weighted by Crippen LogP contribution is -2.49. The Labute approximate surface area is 218 Å². The summed E-state index contributed by atoms with van der Waals surface area (Å²) >= 11 is 0. The van der Waals surface area contributed by atoms with Crippen LogP contribution in [0.25, 0.3) is 11.0 Å². The molecule has 192 valence electrons. The predicted octanol–water partition coefficient (Wildman–Crippen LogP) is 5.77. The maximum atomic E-state index is 13.3. The van der Waals surface area contributed by atoms with Crippen LogP contribution in [0.4, 0.5) is 0 Å². The number of amides is 1. The van der Waals surface area contributed by atoms with Crippen molar-refractivity contribution in [2.24, 2.45) is 0 Å². The van der Waals surface area contributed by atoms with Crippen molar-refractivity contribution in [3.05, 3.63) is 101 Å². The van der Waals surface area contributed by atoms with Crippen molar-refractivity contribution in [3.8, 4) is 5.75 Å². The van der Waals surface area contributed by atoms with E-state index in [0.717, 1.165) is 53.0 Å². The molecule has 1 aliphatic rings. The highest BCUT2D eigenvalue weighted by Crippen LogP contribution is 2.28. The van der Waals surface area contributed by atoms with Gasteiger partial charge in [-0.15, -0.1) is 0 Å². The number of hydrogen-bond acceptors (Lipinski definition) is 5. The summed E-state index contributed by atoms with van der Waals surface area (Å²) in [5, 5.41) is 0.997.